The van der Waals surface area contributed by atoms with Gasteiger partial charge in [0.05, 0.1) is 25.8 Å². The van der Waals surface area contributed by atoms with Crippen molar-refractivity contribution in [2.24, 2.45) is 0 Å². The first kappa shape index (κ1) is 20.3. The molecule has 2 aromatic rings. The smallest absolute Gasteiger partial charge is 0.303 e. The Morgan fingerprint density at radius 1 is 1.07 bits per heavy atom. The molecule has 0 spiro atoms. The quantitative estimate of drug-likeness (QED) is 0.653. The molecule has 1 aliphatic rings. The number of aryl methyl sites for hydroxylation is 1. The molecule has 0 aliphatic carbocycles. The summed E-state index contributed by atoms with van der Waals surface area (Å²) in [5, 5.41) is 29.9. The molecule has 0 saturated carbocycles. The molecule has 1 amide bonds. The number of carbonyl (C=O) groups excluding carboxylic acids is 1. The average Bonchev–Trinajstić information content (AvgIpc) is 2.94. The Labute approximate surface area is 167 Å². The largest absolute Gasteiger partial charge is 0.508 e. The molecule has 1 heterocycles. The molecule has 1 aliphatic heterocycles. The van der Waals surface area contributed by atoms with Gasteiger partial charge in [-0.15, -0.1) is 0 Å². The van der Waals surface area contributed by atoms with E-state index in [4.69, 9.17) is 14.6 Å². The van der Waals surface area contributed by atoms with Crippen molar-refractivity contribution < 1.29 is 34.4 Å². The first-order valence-electron chi connectivity index (χ1n) is 9.09. The minimum atomic E-state index is -0.957. The molecule has 0 fully saturated rings. The van der Waals surface area contributed by atoms with Crippen molar-refractivity contribution in [1.29, 1.82) is 0 Å². The molecular formula is C21H23NO7. The van der Waals surface area contributed by atoms with Crippen molar-refractivity contribution in [3.05, 3.63) is 46.5 Å². The fourth-order valence-corrected chi connectivity index (χ4v) is 3.76. The predicted molar refractivity (Wildman–Crippen MR) is 104 cm³/mol. The highest BCUT2D eigenvalue weighted by Crippen LogP contribution is 2.48. The fourth-order valence-electron chi connectivity index (χ4n) is 3.76. The number of aliphatic carboxylic acids is 1. The summed E-state index contributed by atoms with van der Waals surface area (Å²) in [6.45, 7) is 1.99. The van der Waals surface area contributed by atoms with E-state index in [2.05, 4.69) is 0 Å². The van der Waals surface area contributed by atoms with Crippen molar-refractivity contribution in [1.82, 2.24) is 4.90 Å². The van der Waals surface area contributed by atoms with Gasteiger partial charge in [0.15, 0.2) is 11.5 Å². The maximum Gasteiger partial charge on any atom is 0.303 e. The summed E-state index contributed by atoms with van der Waals surface area (Å²) in [6, 6.07) is 5.51. The van der Waals surface area contributed by atoms with Crippen molar-refractivity contribution in [3.8, 4) is 23.0 Å². The summed E-state index contributed by atoms with van der Waals surface area (Å²) in [5.41, 5.74) is 2.00. The summed E-state index contributed by atoms with van der Waals surface area (Å²) in [6.07, 6.45) is 0.141. The van der Waals surface area contributed by atoms with Crippen molar-refractivity contribution in [2.75, 3.05) is 20.8 Å². The van der Waals surface area contributed by atoms with Crippen LogP contribution in [0.2, 0.25) is 0 Å². The normalized spacial score (nSPS) is 15.3. The van der Waals surface area contributed by atoms with Crippen LogP contribution in [0.25, 0.3) is 0 Å². The van der Waals surface area contributed by atoms with Crippen LogP contribution in [0.15, 0.2) is 24.3 Å². The van der Waals surface area contributed by atoms with Crippen LogP contribution >= 0.6 is 0 Å². The van der Waals surface area contributed by atoms with Gasteiger partial charge >= 0.3 is 5.97 Å². The molecule has 8 nitrogen and oxygen atoms in total. The summed E-state index contributed by atoms with van der Waals surface area (Å²) in [5.74, 6) is -1.03. The maximum atomic E-state index is 13.2. The van der Waals surface area contributed by atoms with Crippen LogP contribution in [-0.2, 0) is 4.79 Å². The van der Waals surface area contributed by atoms with Crippen LogP contribution < -0.4 is 9.47 Å². The number of aromatic hydroxyl groups is 2. The third kappa shape index (κ3) is 3.65. The number of nitrogens with zero attached hydrogens (tertiary/aromatic N) is 1. The van der Waals surface area contributed by atoms with E-state index < -0.39 is 12.0 Å². The lowest BCUT2D eigenvalue weighted by molar-refractivity contribution is -0.137. The monoisotopic (exact) mass is 401 g/mol. The number of rotatable bonds is 7. The highest BCUT2D eigenvalue weighted by molar-refractivity contribution is 6.02. The number of methoxy groups -OCH3 is 2. The van der Waals surface area contributed by atoms with Gasteiger partial charge in [0.1, 0.15) is 11.5 Å². The second-order valence-electron chi connectivity index (χ2n) is 6.92. The molecule has 2 aromatic carbocycles. The van der Waals surface area contributed by atoms with Crippen LogP contribution in [0, 0.1) is 6.92 Å². The van der Waals surface area contributed by atoms with Gasteiger partial charge in [0.25, 0.3) is 5.91 Å². The van der Waals surface area contributed by atoms with E-state index in [1.165, 1.54) is 31.3 Å². The van der Waals surface area contributed by atoms with Crippen molar-refractivity contribution in [2.45, 2.75) is 25.8 Å². The predicted octanol–water partition coefficient (Wildman–Crippen LogP) is 2.83. The molecular weight excluding hydrogens is 378 g/mol. The second kappa shape index (κ2) is 7.90. The van der Waals surface area contributed by atoms with Gasteiger partial charge in [-0.05, 0) is 42.7 Å². The Balaban J connectivity index is 2.18. The van der Waals surface area contributed by atoms with Crippen LogP contribution in [0.5, 0.6) is 23.0 Å². The van der Waals surface area contributed by atoms with E-state index in [1.807, 2.05) is 6.92 Å². The zero-order valence-corrected chi connectivity index (χ0v) is 16.4. The molecule has 0 bridgehead atoms. The number of carboxylic acids is 1. The molecule has 8 heteroatoms. The second-order valence-corrected chi connectivity index (χ2v) is 6.92. The Bertz CT molecular complexity index is 970. The van der Waals surface area contributed by atoms with E-state index in [1.54, 1.807) is 12.1 Å². The minimum Gasteiger partial charge on any atom is -0.508 e. The van der Waals surface area contributed by atoms with Gasteiger partial charge in [-0.3, -0.25) is 9.59 Å². The third-order valence-electron chi connectivity index (χ3n) is 4.97. The summed E-state index contributed by atoms with van der Waals surface area (Å²) < 4.78 is 10.5. The van der Waals surface area contributed by atoms with Gasteiger partial charge in [0, 0.05) is 24.6 Å². The van der Waals surface area contributed by atoms with Crippen LogP contribution in [0.3, 0.4) is 0 Å². The lowest BCUT2D eigenvalue weighted by Crippen LogP contribution is -2.30. The Kier molecular flexibility index (Phi) is 5.54. The molecule has 3 N–H and O–H groups in total. The number of hydrogen-bond donors (Lipinski definition) is 3. The SMILES string of the molecule is COc1cc(C)cc([C@H]2c3cc(O)cc(OC)c3C(=O)N2CCCC(=O)O)c1O. The zero-order valence-electron chi connectivity index (χ0n) is 16.4. The maximum absolute atomic E-state index is 13.2. The lowest BCUT2D eigenvalue weighted by atomic mass is 9.94. The lowest BCUT2D eigenvalue weighted by Gasteiger charge is -2.27. The third-order valence-corrected chi connectivity index (χ3v) is 4.97. The van der Waals surface area contributed by atoms with E-state index in [0.717, 1.165) is 5.56 Å². The van der Waals surface area contributed by atoms with E-state index in [-0.39, 0.29) is 53.9 Å². The topological polar surface area (TPSA) is 117 Å². The summed E-state index contributed by atoms with van der Waals surface area (Å²) >= 11 is 0. The van der Waals surface area contributed by atoms with E-state index in [9.17, 15) is 19.8 Å². The van der Waals surface area contributed by atoms with Crippen LogP contribution in [0.1, 0.15) is 45.9 Å². The van der Waals surface area contributed by atoms with Crippen molar-refractivity contribution in [3.63, 3.8) is 0 Å². The summed E-state index contributed by atoms with van der Waals surface area (Å²) in [7, 11) is 2.84. The van der Waals surface area contributed by atoms with Crippen LogP contribution in [0.4, 0.5) is 0 Å². The first-order chi connectivity index (χ1) is 13.8. The van der Waals surface area contributed by atoms with Gasteiger partial charge in [-0.1, -0.05) is 0 Å². The number of amides is 1. The Hall–Kier alpha value is -3.42. The number of phenolic OH excluding ortho intramolecular Hbond substituents is 2. The Morgan fingerprint density at radius 2 is 1.76 bits per heavy atom. The number of fused-ring (bicyclic) bond motifs is 1. The highest BCUT2D eigenvalue weighted by atomic mass is 16.5. The van der Waals surface area contributed by atoms with E-state index in [0.29, 0.717) is 11.1 Å². The number of carbonyl (C=O) groups is 2. The molecule has 1 atom stereocenters. The van der Waals surface area contributed by atoms with Gasteiger partial charge in [0.2, 0.25) is 0 Å². The summed E-state index contributed by atoms with van der Waals surface area (Å²) in [4.78, 5) is 25.6. The molecule has 154 valence electrons. The highest BCUT2D eigenvalue weighted by Gasteiger charge is 2.41. The number of phenols is 2. The minimum absolute atomic E-state index is 0.0788. The van der Waals surface area contributed by atoms with Gasteiger partial charge in [-0.25, -0.2) is 0 Å². The molecule has 0 aromatic heterocycles. The van der Waals surface area contributed by atoms with Gasteiger partial charge < -0.3 is 29.7 Å². The van der Waals surface area contributed by atoms with E-state index >= 15 is 0 Å². The van der Waals surface area contributed by atoms with Gasteiger partial charge in [-0.2, -0.15) is 0 Å². The zero-order chi connectivity index (χ0) is 21.3. The molecule has 29 heavy (non-hydrogen) atoms. The average molecular weight is 401 g/mol. The number of carboxylic acid groups (broad SMARTS) is 1. The standard InChI is InChI=1S/C21H23NO7/c1-11-7-14(20(26)16(8-11)29-3)19-13-9-12(23)10-15(28-2)18(13)21(27)22(19)6-4-5-17(24)25/h7-10,19,23,26H,4-6H2,1-3H3,(H,24,25)/t19-/m1/s1. The molecule has 0 unspecified atom stereocenters. The molecule has 0 saturated heterocycles. The molecule has 3 rings (SSSR count). The number of hydrogen-bond acceptors (Lipinski definition) is 6. The van der Waals surface area contributed by atoms with Crippen LogP contribution in [-0.4, -0.2) is 52.9 Å². The fraction of sp³-hybridized carbons (Fsp3) is 0.333. The number of benzene rings is 2. The number of ether oxygens (including phenoxy) is 2. The van der Waals surface area contributed by atoms with Crippen molar-refractivity contribution >= 4 is 11.9 Å². The first-order valence-corrected chi connectivity index (χ1v) is 9.09. The Morgan fingerprint density at radius 3 is 2.38 bits per heavy atom. The molecule has 0 radical (unpaired) electrons.